The Morgan fingerprint density at radius 3 is 2.94 bits per heavy atom. The van der Waals surface area contributed by atoms with Crippen LogP contribution in [0.5, 0.6) is 0 Å². The van der Waals surface area contributed by atoms with Gasteiger partial charge in [-0.15, -0.1) is 11.3 Å². The second kappa shape index (κ2) is 5.85. The van der Waals surface area contributed by atoms with Crippen molar-refractivity contribution in [1.82, 2.24) is 4.90 Å². The van der Waals surface area contributed by atoms with Crippen molar-refractivity contribution in [1.29, 1.82) is 0 Å². The molecule has 1 N–H and O–H groups in total. The Balaban J connectivity index is 1.92. The fourth-order valence-corrected chi connectivity index (χ4v) is 3.14. The molecule has 2 atom stereocenters. The number of carbonyl (C=O) groups is 1. The molecule has 0 aromatic carbocycles. The molecule has 0 spiro atoms. The average Bonchev–Trinajstić information content (AvgIpc) is 2.94. The highest BCUT2D eigenvalue weighted by atomic mass is 32.1. The maximum atomic E-state index is 11.9. The fraction of sp³-hybridized carbons (Fsp3) is 0.643. The molecule has 1 fully saturated rings. The van der Waals surface area contributed by atoms with E-state index in [1.807, 2.05) is 22.4 Å². The number of hydrogen-bond donors (Lipinski definition) is 1. The third-order valence-corrected chi connectivity index (χ3v) is 4.44. The van der Waals surface area contributed by atoms with E-state index in [-0.39, 0.29) is 11.8 Å². The molecule has 2 rings (SSSR count). The zero-order valence-electron chi connectivity index (χ0n) is 11.0. The van der Waals surface area contributed by atoms with Gasteiger partial charge in [0.1, 0.15) is 0 Å². The number of carbonyl (C=O) groups excluding carboxylic acids is 1. The molecular formula is C14H21NO2S. The van der Waals surface area contributed by atoms with Crippen LogP contribution in [0.2, 0.25) is 0 Å². The second-order valence-corrected chi connectivity index (χ2v) is 6.43. The lowest BCUT2D eigenvalue weighted by atomic mass is 10.0. The Hall–Kier alpha value is -0.870. The molecule has 4 heteroatoms. The smallest absolute Gasteiger partial charge is 0.223 e. The van der Waals surface area contributed by atoms with E-state index in [0.29, 0.717) is 18.9 Å². The molecule has 1 aliphatic rings. The van der Waals surface area contributed by atoms with Crippen molar-refractivity contribution in [2.24, 2.45) is 11.8 Å². The summed E-state index contributed by atoms with van der Waals surface area (Å²) in [5.41, 5.74) is 0. The Kier molecular flexibility index (Phi) is 4.40. The van der Waals surface area contributed by atoms with E-state index in [2.05, 4.69) is 13.8 Å². The predicted octanol–water partition coefficient (Wildman–Crippen LogP) is 2.68. The SMILES string of the molecule is CC(C)CCN1CC(C(O)c2cccs2)CC1=O. The van der Waals surface area contributed by atoms with Crippen LogP contribution < -0.4 is 0 Å². The lowest BCUT2D eigenvalue weighted by Crippen LogP contribution is -2.27. The van der Waals surface area contributed by atoms with Gasteiger partial charge in [0.2, 0.25) is 5.91 Å². The molecule has 18 heavy (non-hydrogen) atoms. The first-order chi connectivity index (χ1) is 8.58. The monoisotopic (exact) mass is 267 g/mol. The van der Waals surface area contributed by atoms with E-state index in [4.69, 9.17) is 0 Å². The van der Waals surface area contributed by atoms with Crippen LogP contribution in [0.25, 0.3) is 0 Å². The van der Waals surface area contributed by atoms with Crippen LogP contribution in [-0.2, 0) is 4.79 Å². The van der Waals surface area contributed by atoms with Gasteiger partial charge in [-0.25, -0.2) is 0 Å². The van der Waals surface area contributed by atoms with Gasteiger partial charge in [0.05, 0.1) is 6.10 Å². The van der Waals surface area contributed by atoms with Gasteiger partial charge in [0.15, 0.2) is 0 Å². The zero-order chi connectivity index (χ0) is 13.1. The number of likely N-dealkylation sites (tertiary alicyclic amines) is 1. The minimum atomic E-state index is -0.488. The molecule has 0 bridgehead atoms. The normalized spacial score (nSPS) is 21.9. The number of nitrogens with zero attached hydrogens (tertiary/aromatic N) is 1. The van der Waals surface area contributed by atoms with Gasteiger partial charge in [0, 0.05) is 30.3 Å². The molecule has 1 amide bonds. The van der Waals surface area contributed by atoms with Crippen LogP contribution in [-0.4, -0.2) is 29.0 Å². The quantitative estimate of drug-likeness (QED) is 0.891. The van der Waals surface area contributed by atoms with Crippen molar-refractivity contribution < 1.29 is 9.90 Å². The Bertz CT molecular complexity index is 389. The summed E-state index contributed by atoms with van der Waals surface area (Å²) in [5, 5.41) is 12.2. The van der Waals surface area contributed by atoms with Crippen LogP contribution in [0.1, 0.15) is 37.7 Å². The highest BCUT2D eigenvalue weighted by molar-refractivity contribution is 7.10. The van der Waals surface area contributed by atoms with E-state index in [9.17, 15) is 9.90 Å². The van der Waals surface area contributed by atoms with Crippen LogP contribution in [0.3, 0.4) is 0 Å². The van der Waals surface area contributed by atoms with Gasteiger partial charge in [-0.2, -0.15) is 0 Å². The molecule has 2 heterocycles. The molecule has 1 aliphatic heterocycles. The average molecular weight is 267 g/mol. The largest absolute Gasteiger partial charge is 0.387 e. The first kappa shape index (κ1) is 13.6. The van der Waals surface area contributed by atoms with Crippen molar-refractivity contribution in [2.75, 3.05) is 13.1 Å². The molecule has 2 unspecified atom stereocenters. The topological polar surface area (TPSA) is 40.5 Å². The summed E-state index contributed by atoms with van der Waals surface area (Å²) in [7, 11) is 0. The molecule has 1 aromatic heterocycles. The summed E-state index contributed by atoms with van der Waals surface area (Å²) in [6, 6.07) is 3.88. The van der Waals surface area contributed by atoms with Crippen molar-refractivity contribution in [3.63, 3.8) is 0 Å². The van der Waals surface area contributed by atoms with Gasteiger partial charge in [-0.3, -0.25) is 4.79 Å². The third kappa shape index (κ3) is 3.12. The van der Waals surface area contributed by atoms with E-state index in [1.165, 1.54) is 0 Å². The summed E-state index contributed by atoms with van der Waals surface area (Å²) >= 11 is 1.56. The molecule has 3 nitrogen and oxygen atoms in total. The van der Waals surface area contributed by atoms with Gasteiger partial charge in [0.25, 0.3) is 0 Å². The number of hydrogen-bond acceptors (Lipinski definition) is 3. The number of thiophene rings is 1. The molecule has 100 valence electrons. The first-order valence-corrected chi connectivity index (χ1v) is 7.45. The molecule has 0 saturated carbocycles. The summed E-state index contributed by atoms with van der Waals surface area (Å²) in [6.45, 7) is 5.85. The van der Waals surface area contributed by atoms with Crippen LogP contribution in [0.4, 0.5) is 0 Å². The van der Waals surface area contributed by atoms with E-state index >= 15 is 0 Å². The van der Waals surface area contributed by atoms with Crippen LogP contribution in [0.15, 0.2) is 17.5 Å². The minimum absolute atomic E-state index is 0.0586. The zero-order valence-corrected chi connectivity index (χ0v) is 11.8. The highest BCUT2D eigenvalue weighted by Gasteiger charge is 2.34. The number of aliphatic hydroxyl groups excluding tert-OH is 1. The number of amides is 1. The fourth-order valence-electron chi connectivity index (χ4n) is 2.34. The van der Waals surface area contributed by atoms with Crippen LogP contribution in [0, 0.1) is 11.8 Å². The summed E-state index contributed by atoms with van der Waals surface area (Å²) in [6.07, 6.45) is 1.03. The lowest BCUT2D eigenvalue weighted by molar-refractivity contribution is -0.127. The summed E-state index contributed by atoms with van der Waals surface area (Å²) < 4.78 is 0. The van der Waals surface area contributed by atoms with E-state index in [0.717, 1.165) is 17.8 Å². The molecule has 1 aromatic rings. The van der Waals surface area contributed by atoms with Crippen LogP contribution >= 0.6 is 11.3 Å². The summed E-state index contributed by atoms with van der Waals surface area (Å²) in [5.74, 6) is 0.860. The Morgan fingerprint density at radius 2 is 2.33 bits per heavy atom. The Labute approximate surface area is 112 Å². The van der Waals surface area contributed by atoms with Crippen molar-refractivity contribution >= 4 is 17.2 Å². The maximum Gasteiger partial charge on any atom is 0.223 e. The molecule has 0 aliphatic carbocycles. The number of rotatable bonds is 5. The van der Waals surface area contributed by atoms with Gasteiger partial charge >= 0.3 is 0 Å². The van der Waals surface area contributed by atoms with E-state index < -0.39 is 6.10 Å². The van der Waals surface area contributed by atoms with Crippen molar-refractivity contribution in [3.05, 3.63) is 22.4 Å². The summed E-state index contributed by atoms with van der Waals surface area (Å²) in [4.78, 5) is 14.8. The standard InChI is InChI=1S/C14H21NO2S/c1-10(2)5-6-15-9-11(8-13(15)16)14(17)12-4-3-7-18-12/h3-4,7,10-11,14,17H,5-6,8-9H2,1-2H3. The first-order valence-electron chi connectivity index (χ1n) is 6.57. The minimum Gasteiger partial charge on any atom is -0.387 e. The second-order valence-electron chi connectivity index (χ2n) is 5.45. The molecular weight excluding hydrogens is 246 g/mol. The van der Waals surface area contributed by atoms with E-state index in [1.54, 1.807) is 11.3 Å². The lowest BCUT2D eigenvalue weighted by Gasteiger charge is -2.19. The van der Waals surface area contributed by atoms with Crippen molar-refractivity contribution in [2.45, 2.75) is 32.8 Å². The predicted molar refractivity (Wildman–Crippen MR) is 73.4 cm³/mol. The van der Waals surface area contributed by atoms with Gasteiger partial charge in [-0.1, -0.05) is 19.9 Å². The third-order valence-electron chi connectivity index (χ3n) is 3.50. The van der Waals surface area contributed by atoms with Gasteiger partial charge in [-0.05, 0) is 23.8 Å². The number of aliphatic hydroxyl groups is 1. The van der Waals surface area contributed by atoms with Gasteiger partial charge < -0.3 is 10.0 Å². The Morgan fingerprint density at radius 1 is 1.56 bits per heavy atom. The molecule has 1 saturated heterocycles. The molecule has 0 radical (unpaired) electrons. The maximum absolute atomic E-state index is 11.9. The van der Waals surface area contributed by atoms with Crippen molar-refractivity contribution in [3.8, 4) is 0 Å². The highest BCUT2D eigenvalue weighted by Crippen LogP contribution is 2.33.